The van der Waals surface area contributed by atoms with Crippen molar-refractivity contribution in [1.29, 1.82) is 0 Å². The maximum atomic E-state index is 11.7. The van der Waals surface area contributed by atoms with Crippen LogP contribution >= 0.6 is 0 Å². The Kier molecular flexibility index (Phi) is 5.99. The maximum absolute atomic E-state index is 11.7. The van der Waals surface area contributed by atoms with Crippen molar-refractivity contribution >= 4 is 26.7 Å². The molecular weight excluding hydrogens is 518 g/mol. The second-order valence-corrected chi connectivity index (χ2v) is 12.7. The fourth-order valence-corrected chi connectivity index (χ4v) is 6.76. The number of sulfonamides is 1. The van der Waals surface area contributed by atoms with Crippen molar-refractivity contribution < 1.29 is 17.9 Å². The maximum Gasteiger partial charge on any atom is 0.211 e. The standard InChI is InChI=1S/C27H31N7O4S/c1-16-10-29-30-17(2)25(16)18(3)38-23-8-20-21(9-22(23)37-4)31-32-26(20)19-6-7-24(28-11-19)33-12-27(13-33)14-34(15-27)39(5,35)36/h6-11,18H,12-15H2,1-5H3,(H,31,32)/t18-/m0/s1. The lowest BCUT2D eigenvalue weighted by atomic mass is 9.74. The highest BCUT2D eigenvalue weighted by atomic mass is 32.2. The molecule has 2 fully saturated rings. The SMILES string of the molecule is COc1cc2[nH]nc(-c3ccc(N4CC5(C4)CN(S(C)(=O)=O)C5)nc3)c2cc1O[C@@H](C)c1c(C)cnnc1C. The van der Waals surface area contributed by atoms with E-state index in [1.54, 1.807) is 13.3 Å². The lowest BCUT2D eigenvalue weighted by molar-refractivity contribution is 0.0395. The predicted molar refractivity (Wildman–Crippen MR) is 147 cm³/mol. The molecule has 204 valence electrons. The van der Waals surface area contributed by atoms with Gasteiger partial charge in [-0.05, 0) is 44.5 Å². The average Bonchev–Trinajstić information content (AvgIpc) is 3.24. The summed E-state index contributed by atoms with van der Waals surface area (Å²) in [7, 11) is -1.49. The van der Waals surface area contributed by atoms with Gasteiger partial charge in [-0.2, -0.15) is 15.3 Å². The van der Waals surface area contributed by atoms with E-state index in [-0.39, 0.29) is 11.5 Å². The third kappa shape index (κ3) is 4.47. The third-order valence-corrected chi connectivity index (χ3v) is 8.92. The highest BCUT2D eigenvalue weighted by molar-refractivity contribution is 7.88. The summed E-state index contributed by atoms with van der Waals surface area (Å²) in [6, 6.07) is 7.83. The summed E-state index contributed by atoms with van der Waals surface area (Å²) < 4.78 is 37.0. The number of aromatic amines is 1. The van der Waals surface area contributed by atoms with Crippen LogP contribution in [0.25, 0.3) is 22.2 Å². The van der Waals surface area contributed by atoms with Crippen LogP contribution in [0.1, 0.15) is 29.8 Å². The summed E-state index contributed by atoms with van der Waals surface area (Å²) in [4.78, 5) is 6.87. The first-order valence-electron chi connectivity index (χ1n) is 12.7. The number of anilines is 1. The van der Waals surface area contributed by atoms with Crippen LogP contribution in [-0.2, 0) is 10.0 Å². The van der Waals surface area contributed by atoms with Gasteiger partial charge in [0.15, 0.2) is 11.5 Å². The molecule has 0 unspecified atom stereocenters. The Labute approximate surface area is 227 Å². The molecule has 0 bridgehead atoms. The van der Waals surface area contributed by atoms with Crippen molar-refractivity contribution in [2.45, 2.75) is 26.9 Å². The number of nitrogens with zero attached hydrogens (tertiary/aromatic N) is 6. The second-order valence-electron chi connectivity index (χ2n) is 10.7. The number of methoxy groups -OCH3 is 1. The average molecular weight is 550 g/mol. The lowest BCUT2D eigenvalue weighted by Crippen LogP contribution is -2.73. The molecule has 0 radical (unpaired) electrons. The van der Waals surface area contributed by atoms with Crippen molar-refractivity contribution in [2.24, 2.45) is 5.41 Å². The number of ether oxygens (including phenoxy) is 2. The molecule has 2 saturated heterocycles. The van der Waals surface area contributed by atoms with Gasteiger partial charge in [0.2, 0.25) is 10.0 Å². The van der Waals surface area contributed by atoms with Gasteiger partial charge < -0.3 is 14.4 Å². The monoisotopic (exact) mass is 549 g/mol. The number of nitrogens with one attached hydrogen (secondary N) is 1. The summed E-state index contributed by atoms with van der Waals surface area (Å²) in [5, 5.41) is 16.8. The van der Waals surface area contributed by atoms with Gasteiger partial charge in [-0.1, -0.05) is 0 Å². The minimum absolute atomic E-state index is 0.0534. The normalized spacial score (nSPS) is 17.6. The number of H-pyrrole nitrogens is 1. The number of pyridine rings is 1. The van der Waals surface area contributed by atoms with Gasteiger partial charge in [0.25, 0.3) is 0 Å². The molecule has 1 aromatic carbocycles. The molecule has 1 atom stereocenters. The Morgan fingerprint density at radius 3 is 2.49 bits per heavy atom. The van der Waals surface area contributed by atoms with Crippen molar-refractivity contribution in [3.63, 3.8) is 0 Å². The topological polar surface area (TPSA) is 126 Å². The van der Waals surface area contributed by atoms with Crippen LogP contribution in [0.2, 0.25) is 0 Å². The van der Waals surface area contributed by atoms with Crippen LogP contribution in [0.3, 0.4) is 0 Å². The number of aryl methyl sites for hydroxylation is 2. The molecule has 5 heterocycles. The Balaban J connectivity index is 1.22. The fourth-order valence-electron chi connectivity index (χ4n) is 5.75. The molecular formula is C27H31N7O4S. The molecule has 1 spiro atoms. The molecule has 4 aromatic rings. The van der Waals surface area contributed by atoms with Gasteiger partial charge in [0.1, 0.15) is 17.6 Å². The van der Waals surface area contributed by atoms with E-state index < -0.39 is 10.0 Å². The Bertz CT molecular complexity index is 1640. The van der Waals surface area contributed by atoms with Crippen LogP contribution in [-0.4, -0.2) is 77.6 Å². The molecule has 3 aromatic heterocycles. The van der Waals surface area contributed by atoms with Gasteiger partial charge in [-0.3, -0.25) is 5.10 Å². The van der Waals surface area contributed by atoms with Crippen LogP contribution in [0.5, 0.6) is 11.5 Å². The third-order valence-electron chi connectivity index (χ3n) is 7.72. The largest absolute Gasteiger partial charge is 0.493 e. The summed E-state index contributed by atoms with van der Waals surface area (Å²) in [6.45, 7) is 8.70. The highest BCUT2D eigenvalue weighted by Crippen LogP contribution is 2.43. The first-order valence-corrected chi connectivity index (χ1v) is 14.6. The van der Waals surface area contributed by atoms with E-state index >= 15 is 0 Å². The van der Waals surface area contributed by atoms with Crippen LogP contribution < -0.4 is 14.4 Å². The zero-order valence-electron chi connectivity index (χ0n) is 22.6. The fraction of sp³-hybridized carbons (Fsp3) is 0.407. The number of aromatic nitrogens is 5. The molecule has 2 aliphatic rings. The van der Waals surface area contributed by atoms with E-state index in [2.05, 4.69) is 25.3 Å². The lowest BCUT2D eigenvalue weighted by Gasteiger charge is -2.59. The Morgan fingerprint density at radius 1 is 1.08 bits per heavy atom. The van der Waals surface area contributed by atoms with E-state index in [1.165, 1.54) is 10.6 Å². The number of rotatable bonds is 7. The molecule has 0 saturated carbocycles. The molecule has 0 aliphatic carbocycles. The van der Waals surface area contributed by atoms with E-state index in [0.717, 1.165) is 57.9 Å². The molecule has 0 amide bonds. The minimum atomic E-state index is -3.11. The van der Waals surface area contributed by atoms with Gasteiger partial charge in [-0.25, -0.2) is 17.7 Å². The molecule has 6 rings (SSSR count). The van der Waals surface area contributed by atoms with Gasteiger partial charge in [-0.15, -0.1) is 0 Å². The minimum Gasteiger partial charge on any atom is -0.493 e. The predicted octanol–water partition coefficient (Wildman–Crippen LogP) is 3.26. The summed E-state index contributed by atoms with van der Waals surface area (Å²) in [6.07, 6.45) is 4.57. The van der Waals surface area contributed by atoms with Gasteiger partial charge >= 0.3 is 0 Å². The first-order chi connectivity index (χ1) is 18.6. The second kappa shape index (κ2) is 9.16. The molecule has 12 heteroatoms. The molecule has 2 aliphatic heterocycles. The van der Waals surface area contributed by atoms with Crippen molar-refractivity contribution in [2.75, 3.05) is 44.4 Å². The smallest absolute Gasteiger partial charge is 0.211 e. The van der Waals surface area contributed by atoms with E-state index in [9.17, 15) is 8.42 Å². The highest BCUT2D eigenvalue weighted by Gasteiger charge is 2.54. The number of fused-ring (bicyclic) bond motifs is 1. The van der Waals surface area contributed by atoms with Crippen LogP contribution in [0.15, 0.2) is 36.7 Å². The van der Waals surface area contributed by atoms with Crippen molar-refractivity contribution in [1.82, 2.24) is 29.7 Å². The Hall–Kier alpha value is -3.77. The van der Waals surface area contributed by atoms with Crippen molar-refractivity contribution in [3.8, 4) is 22.8 Å². The number of benzene rings is 1. The van der Waals surface area contributed by atoms with Gasteiger partial charge in [0.05, 0.1) is 30.8 Å². The van der Waals surface area contributed by atoms with E-state index in [1.807, 2.05) is 51.2 Å². The summed E-state index contributed by atoms with van der Waals surface area (Å²) in [5.41, 5.74) is 5.37. The molecule has 39 heavy (non-hydrogen) atoms. The summed E-state index contributed by atoms with van der Waals surface area (Å²) in [5.74, 6) is 2.08. The Morgan fingerprint density at radius 2 is 1.85 bits per heavy atom. The number of hydrogen-bond donors (Lipinski definition) is 1. The van der Waals surface area contributed by atoms with E-state index in [4.69, 9.17) is 14.5 Å². The van der Waals surface area contributed by atoms with Crippen LogP contribution in [0, 0.1) is 19.3 Å². The zero-order valence-corrected chi connectivity index (χ0v) is 23.4. The number of hydrogen-bond acceptors (Lipinski definition) is 9. The molecule has 11 nitrogen and oxygen atoms in total. The van der Waals surface area contributed by atoms with Gasteiger partial charge in [0, 0.05) is 60.4 Å². The summed E-state index contributed by atoms with van der Waals surface area (Å²) >= 11 is 0. The van der Waals surface area contributed by atoms with Crippen LogP contribution in [0.4, 0.5) is 5.82 Å². The first kappa shape index (κ1) is 25.5. The van der Waals surface area contributed by atoms with Crippen molar-refractivity contribution in [3.05, 3.63) is 53.5 Å². The van der Waals surface area contributed by atoms with E-state index in [0.29, 0.717) is 24.6 Å². The quantitative estimate of drug-likeness (QED) is 0.370. The zero-order chi connectivity index (χ0) is 27.5. The molecule has 1 N–H and O–H groups in total.